The van der Waals surface area contributed by atoms with E-state index in [2.05, 4.69) is 4.98 Å². The molecule has 20 heavy (non-hydrogen) atoms. The molecule has 2 rings (SSSR count). The molecule has 0 amide bonds. The molecule has 7 nitrogen and oxygen atoms in total. The third-order valence-corrected chi connectivity index (χ3v) is 3.03. The zero-order valence-corrected chi connectivity index (χ0v) is 10.8. The fourth-order valence-electron chi connectivity index (χ4n) is 1.61. The number of H-pyrrole nitrogens is 1. The number of aromatic amines is 1. The van der Waals surface area contributed by atoms with Crippen molar-refractivity contribution in [2.75, 3.05) is 0 Å². The van der Waals surface area contributed by atoms with Crippen LogP contribution in [-0.2, 0) is 0 Å². The maximum absolute atomic E-state index is 13.8. The molecule has 0 bridgehead atoms. The number of halogens is 2. The Morgan fingerprint density at radius 1 is 1.40 bits per heavy atom. The van der Waals surface area contributed by atoms with Crippen LogP contribution in [0.1, 0.15) is 5.56 Å². The molecule has 0 aliphatic heterocycles. The van der Waals surface area contributed by atoms with Crippen LogP contribution in [0.4, 0.5) is 10.1 Å². The molecule has 0 spiro atoms. The Morgan fingerprint density at radius 2 is 2.05 bits per heavy atom. The van der Waals surface area contributed by atoms with E-state index in [1.807, 2.05) is 0 Å². The van der Waals surface area contributed by atoms with Crippen LogP contribution in [0.5, 0.6) is 0 Å². The van der Waals surface area contributed by atoms with Gasteiger partial charge in [-0.3, -0.25) is 19.9 Å². The lowest BCUT2D eigenvalue weighted by molar-refractivity contribution is -0.385. The molecule has 1 heterocycles. The molecule has 2 aromatic rings. The van der Waals surface area contributed by atoms with Crippen molar-refractivity contribution in [2.45, 2.75) is 6.92 Å². The second-order valence-corrected chi connectivity index (χ2v) is 4.28. The largest absolute Gasteiger partial charge is 0.334 e. The second kappa shape index (κ2) is 4.89. The van der Waals surface area contributed by atoms with E-state index in [1.165, 1.54) is 6.92 Å². The number of hydrogen-bond donors (Lipinski definition) is 1. The van der Waals surface area contributed by atoms with Gasteiger partial charge in [-0.2, -0.15) is 0 Å². The van der Waals surface area contributed by atoms with Crippen LogP contribution in [0.15, 0.2) is 27.8 Å². The van der Waals surface area contributed by atoms with Crippen molar-refractivity contribution in [3.63, 3.8) is 0 Å². The molecule has 1 aromatic carbocycles. The lowest BCUT2D eigenvalue weighted by atomic mass is 10.2. The summed E-state index contributed by atoms with van der Waals surface area (Å²) in [6.07, 6.45) is 0. The molecular weight excluding hydrogens is 293 g/mol. The van der Waals surface area contributed by atoms with Gasteiger partial charge >= 0.3 is 5.69 Å². The number of nitrogens with zero attached hydrogens (tertiary/aromatic N) is 2. The summed E-state index contributed by atoms with van der Waals surface area (Å²) in [5.74, 6) is -1.06. The summed E-state index contributed by atoms with van der Waals surface area (Å²) in [5.41, 5.74) is -2.57. The van der Waals surface area contributed by atoms with E-state index >= 15 is 0 Å². The van der Waals surface area contributed by atoms with Gasteiger partial charge in [0, 0.05) is 6.07 Å². The van der Waals surface area contributed by atoms with Crippen LogP contribution in [-0.4, -0.2) is 14.5 Å². The Balaban J connectivity index is 2.76. The molecule has 1 aromatic heterocycles. The first-order chi connectivity index (χ1) is 9.32. The molecule has 0 radical (unpaired) electrons. The third-order valence-electron chi connectivity index (χ3n) is 2.66. The Bertz CT molecular complexity index is 827. The number of benzene rings is 1. The number of aromatic nitrogens is 2. The Labute approximate surface area is 115 Å². The Hall–Kier alpha value is -2.48. The van der Waals surface area contributed by atoms with Crippen molar-refractivity contribution in [3.05, 3.63) is 65.7 Å². The van der Waals surface area contributed by atoms with Crippen LogP contribution < -0.4 is 11.2 Å². The van der Waals surface area contributed by atoms with Gasteiger partial charge in [0.05, 0.1) is 22.2 Å². The van der Waals surface area contributed by atoms with E-state index in [0.29, 0.717) is 10.6 Å². The van der Waals surface area contributed by atoms with Crippen molar-refractivity contribution >= 4 is 17.3 Å². The summed E-state index contributed by atoms with van der Waals surface area (Å²) >= 11 is 5.63. The molecule has 104 valence electrons. The van der Waals surface area contributed by atoms with Crippen molar-refractivity contribution in [2.24, 2.45) is 0 Å². The predicted octanol–water partition coefficient (Wildman–Crippen LogP) is 1.53. The fraction of sp³-hybridized carbons (Fsp3) is 0.0909. The minimum Gasteiger partial charge on any atom is -0.297 e. The van der Waals surface area contributed by atoms with Gasteiger partial charge in [0.15, 0.2) is 5.82 Å². The number of nitro groups is 1. The van der Waals surface area contributed by atoms with Gasteiger partial charge in [0.25, 0.3) is 11.2 Å². The van der Waals surface area contributed by atoms with Crippen LogP contribution in [0.2, 0.25) is 5.15 Å². The van der Waals surface area contributed by atoms with Crippen molar-refractivity contribution in [1.29, 1.82) is 0 Å². The topological polar surface area (TPSA) is 98.0 Å². The van der Waals surface area contributed by atoms with Crippen LogP contribution in [0, 0.1) is 22.9 Å². The van der Waals surface area contributed by atoms with Crippen LogP contribution in [0.3, 0.4) is 0 Å². The second-order valence-electron chi connectivity index (χ2n) is 3.90. The van der Waals surface area contributed by atoms with Crippen LogP contribution >= 0.6 is 11.6 Å². The zero-order valence-electron chi connectivity index (χ0n) is 10.0. The molecule has 1 N–H and O–H groups in total. The minimum atomic E-state index is -1.06. The van der Waals surface area contributed by atoms with Crippen molar-refractivity contribution in [3.8, 4) is 5.69 Å². The molecule has 0 unspecified atom stereocenters. The first-order valence-corrected chi connectivity index (χ1v) is 5.66. The molecular formula is C11H7ClFN3O4. The molecule has 0 aliphatic rings. The number of rotatable bonds is 2. The number of hydrogen-bond acceptors (Lipinski definition) is 4. The molecule has 9 heteroatoms. The fourth-order valence-corrected chi connectivity index (χ4v) is 1.77. The van der Waals surface area contributed by atoms with Gasteiger partial charge in [-0.1, -0.05) is 11.6 Å². The molecule has 0 aliphatic carbocycles. The quantitative estimate of drug-likeness (QED) is 0.516. The first kappa shape index (κ1) is 13.9. The average Bonchev–Trinajstić information content (AvgIpc) is 2.37. The average molecular weight is 300 g/mol. The predicted molar refractivity (Wildman–Crippen MR) is 69.0 cm³/mol. The third kappa shape index (κ3) is 2.21. The summed E-state index contributed by atoms with van der Waals surface area (Å²) in [5, 5.41) is 10.4. The van der Waals surface area contributed by atoms with E-state index < -0.39 is 27.7 Å². The van der Waals surface area contributed by atoms with Crippen molar-refractivity contribution < 1.29 is 9.31 Å². The first-order valence-electron chi connectivity index (χ1n) is 5.28. The van der Waals surface area contributed by atoms with E-state index in [0.717, 1.165) is 12.1 Å². The van der Waals surface area contributed by atoms with E-state index in [4.69, 9.17) is 11.6 Å². The number of non-ortho nitro benzene ring substituents is 1. The molecule has 0 saturated heterocycles. The summed E-state index contributed by atoms with van der Waals surface area (Å²) in [6.45, 7) is 1.36. The van der Waals surface area contributed by atoms with Crippen molar-refractivity contribution in [1.82, 2.24) is 9.55 Å². The van der Waals surface area contributed by atoms with Gasteiger partial charge < -0.3 is 0 Å². The lowest BCUT2D eigenvalue weighted by Crippen LogP contribution is -2.35. The van der Waals surface area contributed by atoms with Crippen LogP contribution in [0.25, 0.3) is 5.69 Å². The monoisotopic (exact) mass is 299 g/mol. The molecule has 0 fully saturated rings. The lowest BCUT2D eigenvalue weighted by Gasteiger charge is -2.07. The number of nitro benzene ring substituents is 1. The van der Waals surface area contributed by atoms with E-state index in [1.54, 1.807) is 0 Å². The smallest absolute Gasteiger partial charge is 0.297 e. The Kier molecular flexibility index (Phi) is 3.41. The van der Waals surface area contributed by atoms with E-state index in [9.17, 15) is 24.1 Å². The molecule has 0 saturated carbocycles. The summed E-state index contributed by atoms with van der Waals surface area (Å²) in [4.78, 5) is 35.6. The highest BCUT2D eigenvalue weighted by Crippen LogP contribution is 2.18. The highest BCUT2D eigenvalue weighted by molar-refractivity contribution is 6.30. The van der Waals surface area contributed by atoms with Gasteiger partial charge in [0.2, 0.25) is 0 Å². The highest BCUT2D eigenvalue weighted by Gasteiger charge is 2.17. The summed E-state index contributed by atoms with van der Waals surface area (Å²) in [6, 6.07) is 2.61. The summed E-state index contributed by atoms with van der Waals surface area (Å²) in [7, 11) is 0. The maximum Gasteiger partial charge on any atom is 0.334 e. The number of nitrogens with one attached hydrogen (secondary N) is 1. The van der Waals surface area contributed by atoms with E-state index in [-0.39, 0.29) is 16.4 Å². The zero-order chi connectivity index (χ0) is 15.0. The Morgan fingerprint density at radius 3 is 2.60 bits per heavy atom. The standard InChI is InChI=1S/C11H7ClFN3O4/c1-5-9(12)14-11(18)15(10(5)17)8-3-2-6(16(19)20)4-7(8)13/h2-4H,1H3,(H,14,18). The SMILES string of the molecule is Cc1c(Cl)[nH]c(=O)n(-c2ccc([N+](=O)[O-])cc2F)c1=O. The summed E-state index contributed by atoms with van der Waals surface area (Å²) < 4.78 is 14.4. The van der Waals surface area contributed by atoms with Gasteiger partial charge in [-0.25, -0.2) is 13.8 Å². The minimum absolute atomic E-state index is 0.0315. The highest BCUT2D eigenvalue weighted by atomic mass is 35.5. The van der Waals surface area contributed by atoms with Gasteiger partial charge in [-0.05, 0) is 13.0 Å². The molecule has 0 atom stereocenters. The van der Waals surface area contributed by atoms with Gasteiger partial charge in [0.1, 0.15) is 5.15 Å². The normalized spacial score (nSPS) is 10.6. The van der Waals surface area contributed by atoms with Gasteiger partial charge in [-0.15, -0.1) is 0 Å². The maximum atomic E-state index is 13.8.